The summed E-state index contributed by atoms with van der Waals surface area (Å²) >= 11 is 6.97. The van der Waals surface area contributed by atoms with Crippen LogP contribution in [0.1, 0.15) is 11.1 Å². The van der Waals surface area contributed by atoms with Gasteiger partial charge in [0.15, 0.2) is 0 Å². The Kier molecular flexibility index (Phi) is 5.69. The van der Waals surface area contributed by atoms with E-state index in [4.69, 9.17) is 4.74 Å². The molecule has 1 aliphatic rings. The number of amides is 1. The van der Waals surface area contributed by atoms with Crippen molar-refractivity contribution in [3.63, 3.8) is 0 Å². The second-order valence-corrected chi connectivity index (χ2v) is 8.28. The highest BCUT2D eigenvalue weighted by Crippen LogP contribution is 2.36. The van der Waals surface area contributed by atoms with Crippen LogP contribution < -0.4 is 9.64 Å². The molecule has 0 atom stereocenters. The van der Waals surface area contributed by atoms with Crippen LogP contribution in [0.25, 0.3) is 11.8 Å². The quantitative estimate of drug-likeness (QED) is 0.366. The van der Waals surface area contributed by atoms with Gasteiger partial charge in [-0.2, -0.15) is 0 Å². The molecule has 3 aromatic rings. The van der Waals surface area contributed by atoms with Crippen molar-refractivity contribution in [2.24, 2.45) is 0 Å². The van der Waals surface area contributed by atoms with E-state index in [9.17, 15) is 4.79 Å². The Labute approximate surface area is 186 Å². The molecular formula is C24H17Br2NO2. The Morgan fingerprint density at radius 2 is 1.66 bits per heavy atom. The summed E-state index contributed by atoms with van der Waals surface area (Å²) in [6.45, 7) is 0. The molecule has 0 bridgehead atoms. The molecule has 0 radical (unpaired) electrons. The largest absolute Gasteiger partial charge is 0.496 e. The first-order chi connectivity index (χ1) is 14.1. The first kappa shape index (κ1) is 19.7. The zero-order valence-electron chi connectivity index (χ0n) is 15.6. The highest BCUT2D eigenvalue weighted by atomic mass is 79.9. The maximum absolute atomic E-state index is 13.3. The minimum absolute atomic E-state index is 0.0573. The number of nitrogens with zero attached hydrogens (tertiary/aromatic N) is 1. The van der Waals surface area contributed by atoms with E-state index in [1.807, 2.05) is 84.9 Å². The summed E-state index contributed by atoms with van der Waals surface area (Å²) in [6, 6.07) is 23.4. The van der Waals surface area contributed by atoms with Crippen molar-refractivity contribution in [2.75, 3.05) is 12.0 Å². The minimum Gasteiger partial charge on any atom is -0.496 e. The Bertz CT molecular complexity index is 1120. The summed E-state index contributed by atoms with van der Waals surface area (Å²) in [6.07, 6.45) is 3.84. The minimum atomic E-state index is -0.0573. The van der Waals surface area contributed by atoms with E-state index in [1.165, 1.54) is 0 Å². The van der Waals surface area contributed by atoms with Crippen molar-refractivity contribution < 1.29 is 9.53 Å². The standard InChI is InChI=1S/C24H17Br2NO2/c1-29-23-12-7-16(14-21(23)26)13-18-15-22(17-5-3-2-4-6-17)27(24(18)28)20-10-8-19(25)9-11-20/h2-15H,1H3/b18-13-. The number of anilines is 1. The third kappa shape index (κ3) is 4.07. The van der Waals surface area contributed by atoms with E-state index in [-0.39, 0.29) is 5.91 Å². The van der Waals surface area contributed by atoms with Crippen molar-refractivity contribution in [2.45, 2.75) is 0 Å². The van der Waals surface area contributed by atoms with Crippen LogP contribution in [-0.4, -0.2) is 13.0 Å². The number of carbonyl (C=O) groups is 1. The molecule has 0 fully saturated rings. The Morgan fingerprint density at radius 1 is 0.931 bits per heavy atom. The molecule has 1 aliphatic heterocycles. The lowest BCUT2D eigenvalue weighted by atomic mass is 10.1. The topological polar surface area (TPSA) is 29.5 Å². The molecule has 0 spiro atoms. The van der Waals surface area contributed by atoms with Gasteiger partial charge in [0.25, 0.3) is 5.91 Å². The lowest BCUT2D eigenvalue weighted by Crippen LogP contribution is -2.24. The van der Waals surface area contributed by atoms with Crippen LogP contribution in [0.2, 0.25) is 0 Å². The van der Waals surface area contributed by atoms with Crippen LogP contribution in [0.15, 0.2) is 93.4 Å². The molecule has 29 heavy (non-hydrogen) atoms. The van der Waals surface area contributed by atoms with Crippen LogP contribution >= 0.6 is 31.9 Å². The molecule has 0 saturated heterocycles. The average Bonchev–Trinajstić information content (AvgIpc) is 3.06. The molecule has 0 N–H and O–H groups in total. The molecule has 144 valence electrons. The van der Waals surface area contributed by atoms with E-state index in [0.29, 0.717) is 5.57 Å². The maximum atomic E-state index is 13.3. The highest BCUT2D eigenvalue weighted by molar-refractivity contribution is 9.10. The maximum Gasteiger partial charge on any atom is 0.262 e. The van der Waals surface area contributed by atoms with Gasteiger partial charge in [-0.05, 0) is 75.6 Å². The number of benzene rings is 3. The summed E-state index contributed by atoms with van der Waals surface area (Å²) in [5, 5.41) is 0. The average molecular weight is 511 g/mol. The van der Waals surface area contributed by atoms with Gasteiger partial charge >= 0.3 is 0 Å². The molecule has 3 nitrogen and oxygen atoms in total. The number of rotatable bonds is 4. The molecule has 0 aliphatic carbocycles. The lowest BCUT2D eigenvalue weighted by Gasteiger charge is -2.21. The molecule has 0 unspecified atom stereocenters. The number of methoxy groups -OCH3 is 1. The van der Waals surface area contributed by atoms with E-state index >= 15 is 0 Å². The fourth-order valence-corrected chi connectivity index (χ4v) is 4.06. The number of carbonyl (C=O) groups excluding carboxylic acids is 1. The first-order valence-corrected chi connectivity index (χ1v) is 10.6. The predicted molar refractivity (Wildman–Crippen MR) is 125 cm³/mol. The SMILES string of the molecule is COc1ccc(/C=C2/C=C(c3ccccc3)N(c3ccc(Br)cc3)C2=O)cc1Br. The molecule has 4 rings (SSSR count). The van der Waals surface area contributed by atoms with Crippen molar-refractivity contribution in [1.82, 2.24) is 0 Å². The van der Waals surface area contributed by atoms with Gasteiger partial charge in [0.05, 0.1) is 17.3 Å². The Hall–Kier alpha value is -2.63. The summed E-state index contributed by atoms with van der Waals surface area (Å²) < 4.78 is 7.11. The summed E-state index contributed by atoms with van der Waals surface area (Å²) in [5.41, 5.74) is 4.22. The van der Waals surface area contributed by atoms with Crippen molar-refractivity contribution in [1.29, 1.82) is 0 Å². The second kappa shape index (κ2) is 8.39. The second-order valence-electron chi connectivity index (χ2n) is 6.51. The van der Waals surface area contributed by atoms with Gasteiger partial charge in [0.1, 0.15) is 5.75 Å². The zero-order valence-corrected chi connectivity index (χ0v) is 18.8. The van der Waals surface area contributed by atoms with Crippen molar-refractivity contribution in [3.05, 3.63) is 105 Å². The van der Waals surface area contributed by atoms with E-state index in [1.54, 1.807) is 12.0 Å². The number of halogens is 2. The van der Waals surface area contributed by atoms with Crippen LogP contribution in [0.4, 0.5) is 5.69 Å². The van der Waals surface area contributed by atoms with Gasteiger partial charge in [0, 0.05) is 15.7 Å². The van der Waals surface area contributed by atoms with Gasteiger partial charge in [-0.1, -0.05) is 52.3 Å². The molecular weight excluding hydrogens is 494 g/mol. The lowest BCUT2D eigenvalue weighted by molar-refractivity contribution is -0.113. The number of hydrogen-bond acceptors (Lipinski definition) is 2. The Balaban J connectivity index is 1.79. The summed E-state index contributed by atoms with van der Waals surface area (Å²) in [7, 11) is 1.63. The molecule has 3 aromatic carbocycles. The monoisotopic (exact) mass is 509 g/mol. The summed E-state index contributed by atoms with van der Waals surface area (Å²) in [4.78, 5) is 15.1. The van der Waals surface area contributed by atoms with E-state index in [0.717, 1.165) is 37.2 Å². The fraction of sp³-hybridized carbons (Fsp3) is 0.0417. The zero-order chi connectivity index (χ0) is 20.4. The van der Waals surface area contributed by atoms with Gasteiger partial charge in [-0.15, -0.1) is 0 Å². The molecule has 0 saturated carbocycles. The van der Waals surface area contributed by atoms with Gasteiger partial charge < -0.3 is 4.74 Å². The first-order valence-electron chi connectivity index (χ1n) is 8.99. The van der Waals surface area contributed by atoms with E-state index < -0.39 is 0 Å². The molecule has 1 amide bonds. The normalized spacial score (nSPS) is 15.0. The van der Waals surface area contributed by atoms with E-state index in [2.05, 4.69) is 31.9 Å². The fourth-order valence-electron chi connectivity index (χ4n) is 3.24. The van der Waals surface area contributed by atoms with Crippen LogP contribution in [0.5, 0.6) is 5.75 Å². The van der Waals surface area contributed by atoms with Crippen molar-refractivity contribution >= 4 is 55.2 Å². The van der Waals surface area contributed by atoms with Crippen molar-refractivity contribution in [3.8, 4) is 5.75 Å². The van der Waals surface area contributed by atoms with Gasteiger partial charge in [0.2, 0.25) is 0 Å². The number of ether oxygens (including phenoxy) is 1. The third-order valence-corrected chi connectivity index (χ3v) is 5.78. The molecule has 5 heteroatoms. The van der Waals surface area contributed by atoms with Crippen LogP contribution in [0.3, 0.4) is 0 Å². The highest BCUT2D eigenvalue weighted by Gasteiger charge is 2.30. The van der Waals surface area contributed by atoms with Gasteiger partial charge in [-0.25, -0.2) is 0 Å². The van der Waals surface area contributed by atoms with Crippen LogP contribution in [0, 0.1) is 0 Å². The summed E-state index contributed by atoms with van der Waals surface area (Å²) in [5.74, 6) is 0.694. The molecule has 1 heterocycles. The smallest absolute Gasteiger partial charge is 0.262 e. The predicted octanol–water partition coefficient (Wildman–Crippen LogP) is 6.69. The Morgan fingerprint density at radius 3 is 2.31 bits per heavy atom. The van der Waals surface area contributed by atoms with Crippen LogP contribution in [-0.2, 0) is 4.79 Å². The van der Waals surface area contributed by atoms with Gasteiger partial charge in [-0.3, -0.25) is 9.69 Å². The molecule has 0 aromatic heterocycles. The third-order valence-electron chi connectivity index (χ3n) is 4.64. The number of hydrogen-bond donors (Lipinski definition) is 0.